The van der Waals surface area contributed by atoms with Crippen molar-refractivity contribution in [3.8, 4) is 0 Å². The lowest BCUT2D eigenvalue weighted by Crippen LogP contribution is -2.02. The van der Waals surface area contributed by atoms with Crippen LogP contribution in [0.2, 0.25) is 0 Å². The summed E-state index contributed by atoms with van der Waals surface area (Å²) in [5.74, 6) is 1.46. The molecule has 0 aliphatic heterocycles. The molecule has 0 radical (unpaired) electrons. The largest absolute Gasteiger partial charge is 0.382 e. The van der Waals surface area contributed by atoms with E-state index in [4.69, 9.17) is 5.73 Å². The minimum atomic E-state index is 0.267. The van der Waals surface area contributed by atoms with Crippen molar-refractivity contribution in [2.45, 2.75) is 19.8 Å². The molecular formula is C8H11N5. The number of aromatic amines is 1. The number of H-pyrrole nitrogens is 1. The highest BCUT2D eigenvalue weighted by Crippen LogP contribution is 2.17. The van der Waals surface area contributed by atoms with Gasteiger partial charge in [0.05, 0.1) is 6.33 Å². The Balaban J connectivity index is 2.70. The molecule has 0 saturated heterocycles. The van der Waals surface area contributed by atoms with E-state index in [2.05, 4.69) is 19.9 Å². The Labute approximate surface area is 75.4 Å². The molecular weight excluding hydrogens is 166 g/mol. The molecule has 68 valence electrons. The average Bonchev–Trinajstić information content (AvgIpc) is 2.51. The number of imidazole rings is 1. The summed E-state index contributed by atoms with van der Waals surface area (Å²) in [5, 5.41) is 0. The summed E-state index contributed by atoms with van der Waals surface area (Å²) in [6.45, 7) is 4.04. The van der Waals surface area contributed by atoms with Gasteiger partial charge in [0.25, 0.3) is 0 Å². The topological polar surface area (TPSA) is 80.5 Å². The first-order chi connectivity index (χ1) is 6.18. The first-order valence-corrected chi connectivity index (χ1v) is 4.15. The van der Waals surface area contributed by atoms with Gasteiger partial charge in [0.15, 0.2) is 11.5 Å². The molecule has 2 heterocycles. The average molecular weight is 177 g/mol. The Hall–Kier alpha value is -1.65. The zero-order chi connectivity index (χ0) is 9.42. The van der Waals surface area contributed by atoms with E-state index < -0.39 is 0 Å². The first-order valence-electron chi connectivity index (χ1n) is 4.15. The summed E-state index contributed by atoms with van der Waals surface area (Å²) in [6, 6.07) is 0. The van der Waals surface area contributed by atoms with Crippen LogP contribution in [0.4, 0.5) is 5.82 Å². The van der Waals surface area contributed by atoms with Gasteiger partial charge in [-0.15, -0.1) is 0 Å². The van der Waals surface area contributed by atoms with Crippen LogP contribution in [0.25, 0.3) is 11.2 Å². The van der Waals surface area contributed by atoms with Gasteiger partial charge in [0.1, 0.15) is 11.3 Å². The van der Waals surface area contributed by atoms with E-state index in [1.165, 1.54) is 0 Å². The summed E-state index contributed by atoms with van der Waals surface area (Å²) in [7, 11) is 0. The molecule has 5 heteroatoms. The SMILES string of the molecule is CC(C)c1nc(N)c2[nH]cnc2n1. The molecule has 0 aromatic carbocycles. The van der Waals surface area contributed by atoms with E-state index in [1.807, 2.05) is 13.8 Å². The molecule has 3 N–H and O–H groups in total. The van der Waals surface area contributed by atoms with E-state index in [0.29, 0.717) is 17.0 Å². The zero-order valence-corrected chi connectivity index (χ0v) is 7.57. The van der Waals surface area contributed by atoms with Crippen molar-refractivity contribution in [2.24, 2.45) is 0 Å². The van der Waals surface area contributed by atoms with Crippen LogP contribution in [0, 0.1) is 0 Å². The van der Waals surface area contributed by atoms with Crippen molar-refractivity contribution >= 4 is 17.0 Å². The van der Waals surface area contributed by atoms with Gasteiger partial charge in [0.2, 0.25) is 0 Å². The van der Waals surface area contributed by atoms with Gasteiger partial charge in [0, 0.05) is 5.92 Å². The lowest BCUT2D eigenvalue weighted by atomic mass is 10.2. The summed E-state index contributed by atoms with van der Waals surface area (Å²) in [4.78, 5) is 15.4. The number of hydrogen-bond acceptors (Lipinski definition) is 4. The molecule has 0 atom stereocenters. The van der Waals surface area contributed by atoms with Crippen LogP contribution in [0.15, 0.2) is 6.33 Å². The predicted octanol–water partition coefficient (Wildman–Crippen LogP) is 1.06. The van der Waals surface area contributed by atoms with E-state index in [0.717, 1.165) is 5.82 Å². The summed E-state index contributed by atoms with van der Waals surface area (Å²) < 4.78 is 0. The molecule has 2 aromatic rings. The predicted molar refractivity (Wildman–Crippen MR) is 50.2 cm³/mol. The Kier molecular flexibility index (Phi) is 1.65. The lowest BCUT2D eigenvalue weighted by molar-refractivity contribution is 0.783. The molecule has 5 nitrogen and oxygen atoms in total. The Morgan fingerprint density at radius 3 is 2.85 bits per heavy atom. The van der Waals surface area contributed by atoms with E-state index in [9.17, 15) is 0 Å². The standard InChI is InChI=1S/C8H11N5/c1-4(2)7-12-6(9)5-8(13-7)11-3-10-5/h3-4H,1-2H3,(H3,9,10,11,12,13). The van der Waals surface area contributed by atoms with E-state index in [-0.39, 0.29) is 5.92 Å². The fraction of sp³-hybridized carbons (Fsp3) is 0.375. The number of nitrogens with two attached hydrogens (primary N) is 1. The van der Waals surface area contributed by atoms with Gasteiger partial charge in [-0.25, -0.2) is 15.0 Å². The number of nitrogen functional groups attached to an aromatic ring is 1. The minimum Gasteiger partial charge on any atom is -0.382 e. The lowest BCUT2D eigenvalue weighted by Gasteiger charge is -2.03. The molecule has 2 rings (SSSR count). The third-order valence-corrected chi connectivity index (χ3v) is 1.85. The maximum absolute atomic E-state index is 5.72. The molecule has 0 amide bonds. The first kappa shape index (κ1) is 7.97. The highest BCUT2D eigenvalue weighted by Gasteiger charge is 2.09. The number of fused-ring (bicyclic) bond motifs is 1. The van der Waals surface area contributed by atoms with Crippen LogP contribution in [0.5, 0.6) is 0 Å². The molecule has 0 aliphatic rings. The maximum atomic E-state index is 5.72. The normalized spacial score (nSPS) is 11.3. The molecule has 0 bridgehead atoms. The molecule has 0 fully saturated rings. The van der Waals surface area contributed by atoms with Crippen molar-refractivity contribution in [1.82, 2.24) is 19.9 Å². The van der Waals surface area contributed by atoms with Crippen LogP contribution < -0.4 is 5.73 Å². The Bertz CT molecular complexity index is 431. The summed E-state index contributed by atoms with van der Waals surface area (Å²) in [6.07, 6.45) is 1.57. The number of aromatic nitrogens is 4. The fourth-order valence-electron chi connectivity index (χ4n) is 1.13. The third-order valence-electron chi connectivity index (χ3n) is 1.85. The van der Waals surface area contributed by atoms with Gasteiger partial charge in [-0.3, -0.25) is 0 Å². The van der Waals surface area contributed by atoms with Gasteiger partial charge in [-0.2, -0.15) is 0 Å². The molecule has 0 unspecified atom stereocenters. The van der Waals surface area contributed by atoms with E-state index >= 15 is 0 Å². The van der Waals surface area contributed by atoms with Crippen LogP contribution in [-0.2, 0) is 0 Å². The summed E-state index contributed by atoms with van der Waals surface area (Å²) >= 11 is 0. The summed E-state index contributed by atoms with van der Waals surface area (Å²) in [5.41, 5.74) is 7.06. The zero-order valence-electron chi connectivity index (χ0n) is 7.57. The number of nitrogens with one attached hydrogen (secondary N) is 1. The number of nitrogens with zero attached hydrogens (tertiary/aromatic N) is 3. The van der Waals surface area contributed by atoms with E-state index in [1.54, 1.807) is 6.33 Å². The van der Waals surface area contributed by atoms with Crippen molar-refractivity contribution in [3.63, 3.8) is 0 Å². The minimum absolute atomic E-state index is 0.267. The maximum Gasteiger partial charge on any atom is 0.183 e. The second-order valence-electron chi connectivity index (χ2n) is 3.22. The fourth-order valence-corrected chi connectivity index (χ4v) is 1.13. The molecule has 0 aliphatic carbocycles. The molecule has 0 spiro atoms. The van der Waals surface area contributed by atoms with Crippen molar-refractivity contribution in [1.29, 1.82) is 0 Å². The second-order valence-corrected chi connectivity index (χ2v) is 3.22. The molecule has 13 heavy (non-hydrogen) atoms. The number of anilines is 1. The van der Waals surface area contributed by atoms with Crippen molar-refractivity contribution < 1.29 is 0 Å². The smallest absolute Gasteiger partial charge is 0.183 e. The van der Waals surface area contributed by atoms with Gasteiger partial charge in [-0.1, -0.05) is 13.8 Å². The third kappa shape index (κ3) is 1.22. The van der Waals surface area contributed by atoms with Gasteiger partial charge >= 0.3 is 0 Å². The monoisotopic (exact) mass is 177 g/mol. The second kappa shape index (κ2) is 2.69. The van der Waals surface area contributed by atoms with Crippen LogP contribution in [0.1, 0.15) is 25.6 Å². The quantitative estimate of drug-likeness (QED) is 0.682. The van der Waals surface area contributed by atoms with Gasteiger partial charge < -0.3 is 10.7 Å². The highest BCUT2D eigenvalue weighted by molar-refractivity contribution is 5.80. The Morgan fingerprint density at radius 2 is 2.15 bits per heavy atom. The van der Waals surface area contributed by atoms with Crippen LogP contribution in [0.3, 0.4) is 0 Å². The van der Waals surface area contributed by atoms with Crippen molar-refractivity contribution in [2.75, 3.05) is 5.73 Å². The Morgan fingerprint density at radius 1 is 1.38 bits per heavy atom. The number of rotatable bonds is 1. The van der Waals surface area contributed by atoms with Gasteiger partial charge in [-0.05, 0) is 0 Å². The van der Waals surface area contributed by atoms with Crippen molar-refractivity contribution in [3.05, 3.63) is 12.2 Å². The molecule has 2 aromatic heterocycles. The van der Waals surface area contributed by atoms with Crippen LogP contribution >= 0.6 is 0 Å². The van der Waals surface area contributed by atoms with Crippen LogP contribution in [-0.4, -0.2) is 19.9 Å². The highest BCUT2D eigenvalue weighted by atomic mass is 15.0. The molecule has 0 saturated carbocycles. The number of hydrogen-bond donors (Lipinski definition) is 2.